The Morgan fingerprint density at radius 1 is 1.00 bits per heavy atom. The van der Waals surface area contributed by atoms with Gasteiger partial charge in [0.2, 0.25) is 0 Å². The van der Waals surface area contributed by atoms with Gasteiger partial charge in [-0.1, -0.05) is 12.1 Å². The van der Waals surface area contributed by atoms with E-state index in [0.717, 1.165) is 60.9 Å². The molecule has 3 heterocycles. The quantitative estimate of drug-likeness (QED) is 0.594. The minimum absolute atomic E-state index is 0.855. The van der Waals surface area contributed by atoms with Crippen molar-refractivity contribution in [1.82, 2.24) is 19.9 Å². The molecule has 0 radical (unpaired) electrons. The maximum absolute atomic E-state index is 4.72. The largest absolute Gasteiger partial charge is 0.385 e. The molecule has 0 aliphatic carbocycles. The smallest absolute Gasteiger partial charge is 0.165 e. The summed E-state index contributed by atoms with van der Waals surface area (Å²) >= 11 is 0. The monoisotopic (exact) mass is 308 g/mol. The molecule has 6 heteroatoms. The highest BCUT2D eigenvalue weighted by Gasteiger charge is 2.10. The molecule has 1 aliphatic rings. The number of hydrogen-bond acceptors (Lipinski definition) is 5. The molecule has 0 spiro atoms. The molecule has 0 unspecified atom stereocenters. The second-order valence-corrected chi connectivity index (χ2v) is 5.68. The first-order valence-corrected chi connectivity index (χ1v) is 8.03. The highest BCUT2D eigenvalue weighted by molar-refractivity contribution is 5.79. The Morgan fingerprint density at radius 3 is 3.00 bits per heavy atom. The van der Waals surface area contributed by atoms with Crippen LogP contribution in [-0.2, 0) is 0 Å². The number of nitrogens with one attached hydrogen (secondary N) is 3. The van der Waals surface area contributed by atoms with Gasteiger partial charge < -0.3 is 16.0 Å². The third-order valence-electron chi connectivity index (χ3n) is 4.01. The second kappa shape index (κ2) is 6.26. The SMILES string of the molecule is c1cc2cc(c1)-c1cnn3ccc(nc13)NCCNCCCN2. The zero-order valence-corrected chi connectivity index (χ0v) is 12.9. The van der Waals surface area contributed by atoms with Crippen LogP contribution >= 0.6 is 0 Å². The van der Waals surface area contributed by atoms with E-state index in [0.29, 0.717) is 0 Å². The lowest BCUT2D eigenvalue weighted by molar-refractivity contribution is 0.674. The lowest BCUT2D eigenvalue weighted by Crippen LogP contribution is -2.24. The highest BCUT2D eigenvalue weighted by Crippen LogP contribution is 2.26. The van der Waals surface area contributed by atoms with Crippen LogP contribution in [0.15, 0.2) is 42.7 Å². The lowest BCUT2D eigenvalue weighted by atomic mass is 10.1. The van der Waals surface area contributed by atoms with Gasteiger partial charge in [-0.2, -0.15) is 5.10 Å². The van der Waals surface area contributed by atoms with Crippen molar-refractivity contribution in [1.29, 1.82) is 0 Å². The zero-order chi connectivity index (χ0) is 15.5. The molecule has 0 saturated heterocycles. The van der Waals surface area contributed by atoms with E-state index in [4.69, 9.17) is 4.98 Å². The van der Waals surface area contributed by atoms with E-state index in [1.54, 1.807) is 0 Å². The van der Waals surface area contributed by atoms with Crippen LogP contribution in [0.25, 0.3) is 16.8 Å². The van der Waals surface area contributed by atoms with Gasteiger partial charge in [-0.3, -0.25) is 0 Å². The van der Waals surface area contributed by atoms with Crippen LogP contribution < -0.4 is 16.0 Å². The first-order chi connectivity index (χ1) is 11.4. The molecule has 118 valence electrons. The summed E-state index contributed by atoms with van der Waals surface area (Å²) in [5.74, 6) is 0.880. The van der Waals surface area contributed by atoms with Gasteiger partial charge in [0.25, 0.3) is 0 Å². The van der Waals surface area contributed by atoms with Crippen molar-refractivity contribution in [2.75, 3.05) is 36.8 Å². The van der Waals surface area contributed by atoms with E-state index < -0.39 is 0 Å². The van der Waals surface area contributed by atoms with Gasteiger partial charge in [-0.05, 0) is 36.7 Å². The van der Waals surface area contributed by atoms with Crippen molar-refractivity contribution < 1.29 is 0 Å². The summed E-state index contributed by atoms with van der Waals surface area (Å²) in [4.78, 5) is 4.72. The fraction of sp³-hybridized carbons (Fsp3) is 0.294. The van der Waals surface area contributed by atoms with Gasteiger partial charge in [0.1, 0.15) is 5.82 Å². The van der Waals surface area contributed by atoms with Gasteiger partial charge in [-0.25, -0.2) is 9.50 Å². The number of benzene rings is 1. The standard InChI is InChI=1S/C17H20N6/c1-3-13-11-14(4-1)19-7-2-6-18-8-9-20-16-5-10-23-17(22-16)15(13)12-21-23/h1,3-5,10-12,18-19H,2,6-9H2,(H,20,22). The maximum atomic E-state index is 4.72. The number of anilines is 2. The van der Waals surface area contributed by atoms with E-state index >= 15 is 0 Å². The number of hydrogen-bond donors (Lipinski definition) is 3. The molecule has 0 fully saturated rings. The molecule has 3 N–H and O–H groups in total. The summed E-state index contributed by atoms with van der Waals surface area (Å²) in [6, 6.07) is 10.4. The Bertz CT molecular complexity index is 810. The molecule has 1 aromatic carbocycles. The molecule has 23 heavy (non-hydrogen) atoms. The normalized spacial score (nSPS) is 15.5. The molecule has 6 nitrogen and oxygen atoms in total. The predicted octanol–water partition coefficient (Wildman–Crippen LogP) is 2.21. The summed E-state index contributed by atoms with van der Waals surface area (Å²) in [6.45, 7) is 3.74. The van der Waals surface area contributed by atoms with Gasteiger partial charge in [0, 0.05) is 37.1 Å². The zero-order valence-electron chi connectivity index (χ0n) is 12.9. The Balaban J connectivity index is 1.78. The lowest BCUT2D eigenvalue weighted by Gasteiger charge is -2.08. The average Bonchev–Trinajstić information content (AvgIpc) is 3.00. The van der Waals surface area contributed by atoms with E-state index in [1.807, 2.05) is 23.0 Å². The molecular formula is C17H20N6. The number of aromatic nitrogens is 3. The van der Waals surface area contributed by atoms with Crippen LogP contribution in [0.3, 0.4) is 0 Å². The third-order valence-corrected chi connectivity index (χ3v) is 4.01. The first kappa shape index (κ1) is 14.0. The van der Waals surface area contributed by atoms with E-state index in [1.165, 1.54) is 0 Å². The van der Waals surface area contributed by atoms with Gasteiger partial charge >= 0.3 is 0 Å². The van der Waals surface area contributed by atoms with Crippen LogP contribution in [0, 0.1) is 0 Å². The van der Waals surface area contributed by atoms with Crippen molar-refractivity contribution in [3.8, 4) is 11.1 Å². The van der Waals surface area contributed by atoms with Crippen LogP contribution in [-0.4, -0.2) is 40.8 Å². The summed E-state index contributed by atoms with van der Waals surface area (Å²) in [5.41, 5.74) is 4.17. The van der Waals surface area contributed by atoms with E-state index in [9.17, 15) is 0 Å². The molecule has 0 atom stereocenters. The van der Waals surface area contributed by atoms with E-state index in [-0.39, 0.29) is 0 Å². The van der Waals surface area contributed by atoms with Crippen molar-refractivity contribution in [3.05, 3.63) is 42.7 Å². The second-order valence-electron chi connectivity index (χ2n) is 5.68. The number of fused-ring (bicyclic) bond motifs is 4. The van der Waals surface area contributed by atoms with E-state index in [2.05, 4.69) is 45.3 Å². The molecule has 4 bridgehead atoms. The molecule has 1 aliphatic heterocycles. The summed E-state index contributed by atoms with van der Waals surface area (Å²) < 4.78 is 1.82. The predicted molar refractivity (Wildman–Crippen MR) is 92.9 cm³/mol. The van der Waals surface area contributed by atoms with Gasteiger partial charge in [-0.15, -0.1) is 0 Å². The molecular weight excluding hydrogens is 288 g/mol. The van der Waals surface area contributed by atoms with Crippen LogP contribution in [0.4, 0.5) is 11.5 Å². The first-order valence-electron chi connectivity index (χ1n) is 8.03. The third kappa shape index (κ3) is 2.98. The van der Waals surface area contributed by atoms with Crippen molar-refractivity contribution in [2.24, 2.45) is 0 Å². The Hall–Kier alpha value is -2.60. The van der Waals surface area contributed by atoms with Crippen LogP contribution in [0.1, 0.15) is 6.42 Å². The Morgan fingerprint density at radius 2 is 2.00 bits per heavy atom. The summed E-state index contributed by atoms with van der Waals surface area (Å²) in [7, 11) is 0. The fourth-order valence-corrected chi connectivity index (χ4v) is 2.82. The van der Waals surface area contributed by atoms with Crippen molar-refractivity contribution in [3.63, 3.8) is 0 Å². The minimum atomic E-state index is 0.855. The maximum Gasteiger partial charge on any atom is 0.165 e. The van der Waals surface area contributed by atoms with Crippen molar-refractivity contribution in [2.45, 2.75) is 6.42 Å². The molecule has 3 aromatic rings. The number of nitrogens with zero attached hydrogens (tertiary/aromatic N) is 3. The molecule has 4 rings (SSSR count). The summed E-state index contributed by atoms with van der Waals surface area (Å²) in [5, 5.41) is 14.7. The van der Waals surface area contributed by atoms with Crippen LogP contribution in [0.5, 0.6) is 0 Å². The summed E-state index contributed by atoms with van der Waals surface area (Å²) in [6.07, 6.45) is 4.92. The van der Waals surface area contributed by atoms with Crippen LogP contribution in [0.2, 0.25) is 0 Å². The Kier molecular flexibility index (Phi) is 3.81. The molecule has 0 saturated carbocycles. The molecule has 2 aromatic heterocycles. The highest BCUT2D eigenvalue weighted by atomic mass is 15.2. The number of rotatable bonds is 0. The van der Waals surface area contributed by atoms with Crippen molar-refractivity contribution >= 4 is 17.2 Å². The Labute approximate surface area is 134 Å². The van der Waals surface area contributed by atoms with Gasteiger partial charge in [0.15, 0.2) is 5.65 Å². The fourth-order valence-electron chi connectivity index (χ4n) is 2.82. The molecule has 0 amide bonds. The minimum Gasteiger partial charge on any atom is -0.385 e. The topological polar surface area (TPSA) is 66.3 Å². The van der Waals surface area contributed by atoms with Gasteiger partial charge in [0.05, 0.1) is 6.20 Å². The average molecular weight is 308 g/mol.